The molecule has 0 saturated heterocycles. The van der Waals surface area contributed by atoms with E-state index in [1.165, 1.54) is 22.4 Å². The summed E-state index contributed by atoms with van der Waals surface area (Å²) < 4.78 is 0. The molecule has 2 N–H and O–H groups in total. The van der Waals surface area contributed by atoms with Gasteiger partial charge in [0, 0.05) is 24.8 Å². The molecule has 1 aliphatic rings. The molecule has 0 radical (unpaired) electrons. The highest BCUT2D eigenvalue weighted by Crippen LogP contribution is 2.27. The zero-order valence-corrected chi connectivity index (χ0v) is 12.0. The second-order valence-electron chi connectivity index (χ2n) is 5.64. The van der Waals surface area contributed by atoms with Gasteiger partial charge < -0.3 is 10.6 Å². The van der Waals surface area contributed by atoms with Crippen molar-refractivity contribution < 1.29 is 0 Å². The van der Waals surface area contributed by atoms with E-state index in [1.807, 2.05) is 0 Å². The SMILES string of the molecule is CCc1ccc(CN2CC(N)Cc3ccccc32)cc1. The summed E-state index contributed by atoms with van der Waals surface area (Å²) >= 11 is 0. The number of aryl methyl sites for hydroxylation is 1. The van der Waals surface area contributed by atoms with Gasteiger partial charge in [0.15, 0.2) is 0 Å². The lowest BCUT2D eigenvalue weighted by Gasteiger charge is -2.34. The van der Waals surface area contributed by atoms with Gasteiger partial charge in [-0.2, -0.15) is 0 Å². The van der Waals surface area contributed by atoms with Crippen LogP contribution in [-0.4, -0.2) is 12.6 Å². The molecule has 104 valence electrons. The lowest BCUT2D eigenvalue weighted by atomic mass is 9.98. The minimum atomic E-state index is 0.236. The third-order valence-corrected chi connectivity index (χ3v) is 4.07. The standard InChI is InChI=1S/C18H22N2/c1-2-14-7-9-15(10-8-14)12-20-13-17(19)11-16-5-3-4-6-18(16)20/h3-10,17H,2,11-13,19H2,1H3. The van der Waals surface area contributed by atoms with Gasteiger partial charge in [0.1, 0.15) is 0 Å². The van der Waals surface area contributed by atoms with Crippen molar-refractivity contribution in [2.75, 3.05) is 11.4 Å². The fourth-order valence-electron chi connectivity index (χ4n) is 2.97. The van der Waals surface area contributed by atoms with E-state index >= 15 is 0 Å². The van der Waals surface area contributed by atoms with E-state index in [9.17, 15) is 0 Å². The average molecular weight is 266 g/mol. The number of rotatable bonds is 3. The third-order valence-electron chi connectivity index (χ3n) is 4.07. The Bertz CT molecular complexity index is 574. The van der Waals surface area contributed by atoms with Crippen molar-refractivity contribution in [1.29, 1.82) is 0 Å². The molecule has 0 amide bonds. The molecule has 2 heteroatoms. The van der Waals surface area contributed by atoms with Gasteiger partial charge in [-0.15, -0.1) is 0 Å². The van der Waals surface area contributed by atoms with Gasteiger partial charge in [-0.25, -0.2) is 0 Å². The first-order chi connectivity index (χ1) is 9.76. The number of fused-ring (bicyclic) bond motifs is 1. The van der Waals surface area contributed by atoms with Crippen molar-refractivity contribution in [3.8, 4) is 0 Å². The predicted octanol–water partition coefficient (Wildman–Crippen LogP) is 3.14. The Morgan fingerprint density at radius 3 is 2.50 bits per heavy atom. The van der Waals surface area contributed by atoms with Gasteiger partial charge in [-0.3, -0.25) is 0 Å². The molecular weight excluding hydrogens is 244 g/mol. The van der Waals surface area contributed by atoms with Crippen molar-refractivity contribution in [2.45, 2.75) is 32.4 Å². The minimum absolute atomic E-state index is 0.236. The first-order valence-electron chi connectivity index (χ1n) is 7.42. The van der Waals surface area contributed by atoms with Gasteiger partial charge in [-0.1, -0.05) is 49.4 Å². The van der Waals surface area contributed by atoms with Gasteiger partial charge >= 0.3 is 0 Å². The van der Waals surface area contributed by atoms with E-state index in [0.717, 1.165) is 25.9 Å². The molecule has 0 spiro atoms. The van der Waals surface area contributed by atoms with Crippen LogP contribution in [0.25, 0.3) is 0 Å². The molecule has 0 saturated carbocycles. The van der Waals surface area contributed by atoms with Crippen LogP contribution in [0.1, 0.15) is 23.6 Å². The highest BCUT2D eigenvalue weighted by Gasteiger charge is 2.21. The van der Waals surface area contributed by atoms with Gasteiger partial charge in [0.2, 0.25) is 0 Å². The molecular formula is C18H22N2. The Morgan fingerprint density at radius 1 is 1.05 bits per heavy atom. The van der Waals surface area contributed by atoms with E-state index < -0.39 is 0 Å². The molecule has 0 aromatic heterocycles. The highest BCUT2D eigenvalue weighted by atomic mass is 15.2. The van der Waals surface area contributed by atoms with Crippen LogP contribution >= 0.6 is 0 Å². The first kappa shape index (κ1) is 13.2. The van der Waals surface area contributed by atoms with Crippen LogP contribution in [0.2, 0.25) is 0 Å². The Kier molecular flexibility index (Phi) is 3.75. The number of benzene rings is 2. The molecule has 2 nitrogen and oxygen atoms in total. The fraction of sp³-hybridized carbons (Fsp3) is 0.333. The normalized spacial score (nSPS) is 17.9. The van der Waals surface area contributed by atoms with Crippen LogP contribution in [0.4, 0.5) is 5.69 Å². The zero-order chi connectivity index (χ0) is 13.9. The predicted molar refractivity (Wildman–Crippen MR) is 85.0 cm³/mol. The van der Waals surface area contributed by atoms with E-state index in [2.05, 4.69) is 60.4 Å². The third kappa shape index (κ3) is 2.70. The number of nitrogens with zero attached hydrogens (tertiary/aromatic N) is 1. The molecule has 1 unspecified atom stereocenters. The van der Waals surface area contributed by atoms with Crippen LogP contribution in [0.3, 0.4) is 0 Å². The number of nitrogens with two attached hydrogens (primary N) is 1. The van der Waals surface area contributed by atoms with Gasteiger partial charge in [0.25, 0.3) is 0 Å². The van der Waals surface area contributed by atoms with Crippen LogP contribution in [0.5, 0.6) is 0 Å². The Hall–Kier alpha value is -1.80. The quantitative estimate of drug-likeness (QED) is 0.924. The zero-order valence-electron chi connectivity index (χ0n) is 12.0. The minimum Gasteiger partial charge on any atom is -0.365 e. The molecule has 1 heterocycles. The molecule has 0 aliphatic carbocycles. The molecule has 3 rings (SSSR count). The molecule has 0 bridgehead atoms. The van der Waals surface area contributed by atoms with Crippen LogP contribution in [0.15, 0.2) is 48.5 Å². The molecule has 2 aromatic carbocycles. The van der Waals surface area contributed by atoms with Gasteiger partial charge in [-0.05, 0) is 35.6 Å². The van der Waals surface area contributed by atoms with Crippen molar-refractivity contribution in [2.24, 2.45) is 5.73 Å². The number of para-hydroxylation sites is 1. The first-order valence-corrected chi connectivity index (χ1v) is 7.42. The lowest BCUT2D eigenvalue weighted by Crippen LogP contribution is -2.42. The summed E-state index contributed by atoms with van der Waals surface area (Å²) in [4.78, 5) is 2.41. The Balaban J connectivity index is 1.83. The van der Waals surface area contributed by atoms with Crippen LogP contribution in [-0.2, 0) is 19.4 Å². The maximum absolute atomic E-state index is 6.20. The van der Waals surface area contributed by atoms with Crippen LogP contribution < -0.4 is 10.6 Å². The topological polar surface area (TPSA) is 29.3 Å². The summed E-state index contributed by atoms with van der Waals surface area (Å²) in [5.41, 5.74) is 11.7. The average Bonchev–Trinajstić information content (AvgIpc) is 2.48. The van der Waals surface area contributed by atoms with E-state index in [4.69, 9.17) is 5.73 Å². The Labute approximate surface area is 121 Å². The smallest absolute Gasteiger partial charge is 0.0430 e. The summed E-state index contributed by atoms with van der Waals surface area (Å²) in [6, 6.07) is 17.8. The summed E-state index contributed by atoms with van der Waals surface area (Å²) in [5.74, 6) is 0. The van der Waals surface area contributed by atoms with Crippen molar-refractivity contribution in [1.82, 2.24) is 0 Å². The lowest BCUT2D eigenvalue weighted by molar-refractivity contribution is 0.599. The number of hydrogen-bond acceptors (Lipinski definition) is 2. The highest BCUT2D eigenvalue weighted by molar-refractivity contribution is 5.56. The largest absolute Gasteiger partial charge is 0.365 e. The van der Waals surface area contributed by atoms with E-state index in [-0.39, 0.29) is 6.04 Å². The second kappa shape index (κ2) is 5.68. The molecule has 1 atom stereocenters. The monoisotopic (exact) mass is 266 g/mol. The maximum Gasteiger partial charge on any atom is 0.0430 e. The summed E-state index contributed by atoms with van der Waals surface area (Å²) in [6.07, 6.45) is 2.08. The summed E-state index contributed by atoms with van der Waals surface area (Å²) in [6.45, 7) is 4.07. The van der Waals surface area contributed by atoms with Crippen molar-refractivity contribution in [3.05, 3.63) is 65.2 Å². The van der Waals surface area contributed by atoms with Crippen LogP contribution in [0, 0.1) is 0 Å². The van der Waals surface area contributed by atoms with E-state index in [1.54, 1.807) is 0 Å². The van der Waals surface area contributed by atoms with Crippen molar-refractivity contribution in [3.63, 3.8) is 0 Å². The fourth-order valence-corrected chi connectivity index (χ4v) is 2.97. The van der Waals surface area contributed by atoms with Crippen molar-refractivity contribution >= 4 is 5.69 Å². The molecule has 1 aliphatic heterocycles. The molecule has 20 heavy (non-hydrogen) atoms. The molecule has 0 fully saturated rings. The second-order valence-corrected chi connectivity index (χ2v) is 5.64. The number of anilines is 1. The summed E-state index contributed by atoms with van der Waals surface area (Å²) in [7, 11) is 0. The molecule has 2 aromatic rings. The van der Waals surface area contributed by atoms with E-state index in [0.29, 0.717) is 0 Å². The summed E-state index contributed by atoms with van der Waals surface area (Å²) in [5, 5.41) is 0. The maximum atomic E-state index is 6.20. The number of hydrogen-bond donors (Lipinski definition) is 1. The van der Waals surface area contributed by atoms with Gasteiger partial charge in [0.05, 0.1) is 0 Å². The Morgan fingerprint density at radius 2 is 1.75 bits per heavy atom.